The number of pyridine rings is 2. The predicted molar refractivity (Wildman–Crippen MR) is 128 cm³/mol. The second-order valence-corrected chi connectivity index (χ2v) is 10.8. The molecule has 2 heterocycles. The summed E-state index contributed by atoms with van der Waals surface area (Å²) in [6, 6.07) is 7.88. The monoisotopic (exact) mass is 449 g/mol. The number of aromatic nitrogens is 2. The van der Waals surface area contributed by atoms with Crippen LogP contribution in [0.4, 0.5) is 14.5 Å². The molecule has 0 fully saturated rings. The summed E-state index contributed by atoms with van der Waals surface area (Å²) in [6.07, 6.45) is 3.77. The molecule has 172 valence electrons. The minimum Gasteiger partial charge on any atom is -0.232 e. The lowest BCUT2D eigenvalue weighted by molar-refractivity contribution is -0.660. The van der Waals surface area contributed by atoms with Crippen LogP contribution in [0.15, 0.2) is 36.7 Å². The third-order valence-corrected chi connectivity index (χ3v) is 6.26. The summed E-state index contributed by atoms with van der Waals surface area (Å²) in [4.78, 5) is 3.27. The largest absolute Gasteiger partial charge is 0.258 e. The van der Waals surface area contributed by atoms with Crippen LogP contribution in [0.2, 0.25) is 0 Å². The first kappa shape index (κ1) is 24.5. The average molecular weight is 450 g/mol. The first-order chi connectivity index (χ1) is 15.2. The highest BCUT2D eigenvalue weighted by Gasteiger charge is 2.32. The molecule has 0 bridgehead atoms. The molecular weight excluding hydrogens is 416 g/mol. The van der Waals surface area contributed by atoms with Gasteiger partial charge in [-0.15, -0.1) is 0 Å². The zero-order valence-corrected chi connectivity index (χ0v) is 21.1. The Morgan fingerprint density at radius 1 is 0.758 bits per heavy atom. The zero-order valence-electron chi connectivity index (χ0n) is 21.1. The van der Waals surface area contributed by atoms with E-state index < -0.39 is 17.3 Å². The van der Waals surface area contributed by atoms with E-state index in [0.717, 1.165) is 11.1 Å². The van der Waals surface area contributed by atoms with Crippen LogP contribution in [-0.2, 0) is 24.9 Å². The number of hydrogen-bond donors (Lipinski definition) is 0. The van der Waals surface area contributed by atoms with Gasteiger partial charge < -0.3 is 0 Å². The molecule has 3 aromatic rings. The normalized spacial score (nSPS) is 12.1. The van der Waals surface area contributed by atoms with Crippen molar-refractivity contribution in [2.75, 3.05) is 0 Å². The van der Waals surface area contributed by atoms with Gasteiger partial charge in [0.25, 0.3) is 5.69 Å². The van der Waals surface area contributed by atoms with E-state index in [2.05, 4.69) is 46.4 Å². The quantitative estimate of drug-likeness (QED) is 0.317. The van der Waals surface area contributed by atoms with Crippen LogP contribution >= 0.6 is 0 Å². The van der Waals surface area contributed by atoms with Gasteiger partial charge in [-0.25, -0.2) is 22.8 Å². The SMILES string of the molecule is [C-]#[N+]c1c(F)c(-c2cc(C(C)(C)C)cc[n+]2C)c(C)c(-c2cc(C(C)(C)C)cc[n+]2C)c1F. The van der Waals surface area contributed by atoms with E-state index in [4.69, 9.17) is 6.57 Å². The number of hydrogen-bond acceptors (Lipinski definition) is 0. The molecule has 0 amide bonds. The van der Waals surface area contributed by atoms with Crippen molar-refractivity contribution in [2.45, 2.75) is 59.3 Å². The molecule has 0 radical (unpaired) electrons. The molecule has 1 aromatic carbocycles. The highest BCUT2D eigenvalue weighted by atomic mass is 19.1. The van der Waals surface area contributed by atoms with E-state index in [1.54, 1.807) is 6.92 Å². The minimum atomic E-state index is -0.819. The molecule has 0 unspecified atom stereocenters. The Balaban J connectivity index is 2.46. The lowest BCUT2D eigenvalue weighted by Crippen LogP contribution is -2.33. The van der Waals surface area contributed by atoms with Gasteiger partial charge in [-0.1, -0.05) is 41.5 Å². The van der Waals surface area contributed by atoms with Gasteiger partial charge in [-0.05, 0) is 34.4 Å². The molecule has 0 saturated carbocycles. The smallest absolute Gasteiger partial charge is 0.232 e. The van der Waals surface area contributed by atoms with E-state index in [9.17, 15) is 0 Å². The molecule has 5 heteroatoms. The molecule has 0 saturated heterocycles. The fourth-order valence-electron chi connectivity index (χ4n) is 4.06. The number of rotatable bonds is 2. The number of aryl methyl sites for hydroxylation is 2. The molecule has 3 nitrogen and oxygen atoms in total. The van der Waals surface area contributed by atoms with E-state index in [1.807, 2.05) is 59.9 Å². The van der Waals surface area contributed by atoms with E-state index in [-0.39, 0.29) is 22.0 Å². The minimum absolute atomic E-state index is 0.146. The van der Waals surface area contributed by atoms with Crippen LogP contribution in [0.5, 0.6) is 0 Å². The van der Waals surface area contributed by atoms with Crippen LogP contribution < -0.4 is 9.13 Å². The Labute approximate surface area is 196 Å². The van der Waals surface area contributed by atoms with Crippen molar-refractivity contribution in [3.05, 3.63) is 76.4 Å². The molecule has 0 aliphatic rings. The highest BCUT2D eigenvalue weighted by molar-refractivity contribution is 5.81. The third-order valence-electron chi connectivity index (χ3n) is 6.26. The molecule has 2 aromatic heterocycles. The Hall–Kier alpha value is -3.13. The first-order valence-corrected chi connectivity index (χ1v) is 11.1. The van der Waals surface area contributed by atoms with Crippen LogP contribution in [-0.4, -0.2) is 0 Å². The second-order valence-electron chi connectivity index (χ2n) is 10.8. The topological polar surface area (TPSA) is 12.1 Å². The molecule has 0 spiro atoms. The van der Waals surface area contributed by atoms with Crippen molar-refractivity contribution < 1.29 is 17.9 Å². The Bertz CT molecular complexity index is 1200. The van der Waals surface area contributed by atoms with Crippen molar-refractivity contribution >= 4 is 5.69 Å². The maximum absolute atomic E-state index is 15.7. The lowest BCUT2D eigenvalue weighted by atomic mass is 9.85. The number of halogens is 2. The van der Waals surface area contributed by atoms with Crippen LogP contribution in [0.3, 0.4) is 0 Å². The van der Waals surface area contributed by atoms with E-state index in [0.29, 0.717) is 17.0 Å². The van der Waals surface area contributed by atoms with Crippen LogP contribution in [0.25, 0.3) is 27.4 Å². The Morgan fingerprint density at radius 2 is 1.12 bits per heavy atom. The van der Waals surface area contributed by atoms with Gasteiger partial charge in [-0.2, -0.15) is 0 Å². The summed E-state index contributed by atoms with van der Waals surface area (Å²) >= 11 is 0. The summed E-state index contributed by atoms with van der Waals surface area (Å²) < 4.78 is 35.0. The van der Waals surface area contributed by atoms with Crippen molar-refractivity contribution in [3.63, 3.8) is 0 Å². The van der Waals surface area contributed by atoms with Gasteiger partial charge in [0.05, 0.1) is 17.7 Å². The average Bonchev–Trinajstić information content (AvgIpc) is 2.69. The highest BCUT2D eigenvalue weighted by Crippen LogP contribution is 2.41. The number of benzene rings is 1. The fraction of sp³-hybridized carbons (Fsp3) is 0.393. The maximum atomic E-state index is 15.7. The molecule has 0 atom stereocenters. The predicted octanol–water partition coefficient (Wildman–Crippen LogP) is 6.40. The summed E-state index contributed by atoms with van der Waals surface area (Å²) in [7, 11) is 3.67. The molecule has 0 N–H and O–H groups in total. The molecule has 0 aliphatic heterocycles. The number of nitrogens with zero attached hydrogens (tertiary/aromatic N) is 3. The fourth-order valence-corrected chi connectivity index (χ4v) is 4.06. The van der Waals surface area contributed by atoms with Gasteiger partial charge in [-0.3, -0.25) is 0 Å². The standard InChI is InChI=1S/C28H33F2N3/c1-17-22(20-15-18(27(2,3)4)11-13-32(20)9)24(29)26(31-8)25(30)23(17)21-16-19(28(5,6)7)12-14-33(21)10/h11-16H,1-7,9-10H3/q+2. The summed E-state index contributed by atoms with van der Waals surface area (Å²) in [5, 5.41) is 0. The van der Waals surface area contributed by atoms with Crippen molar-refractivity contribution in [1.29, 1.82) is 0 Å². The lowest BCUT2D eigenvalue weighted by Gasteiger charge is -2.21. The molecule has 3 rings (SSSR count). The molecular formula is C28H33F2N3+2. The van der Waals surface area contributed by atoms with Crippen LogP contribution in [0.1, 0.15) is 58.2 Å². The van der Waals surface area contributed by atoms with Crippen molar-refractivity contribution in [1.82, 2.24) is 0 Å². The van der Waals surface area contributed by atoms with E-state index >= 15 is 8.78 Å². The summed E-state index contributed by atoms with van der Waals surface area (Å²) in [5.74, 6) is -1.64. The zero-order chi connectivity index (χ0) is 24.9. The van der Waals surface area contributed by atoms with Gasteiger partial charge >= 0.3 is 0 Å². The Kier molecular flexibility index (Phi) is 6.19. The van der Waals surface area contributed by atoms with E-state index in [1.165, 1.54) is 0 Å². The second kappa shape index (κ2) is 8.33. The van der Waals surface area contributed by atoms with Crippen molar-refractivity contribution in [3.8, 4) is 22.5 Å². The molecule has 0 aliphatic carbocycles. The summed E-state index contributed by atoms with van der Waals surface area (Å²) in [5.41, 5.74) is 3.40. The Morgan fingerprint density at radius 3 is 1.42 bits per heavy atom. The van der Waals surface area contributed by atoms with Gasteiger partial charge in [0.1, 0.15) is 25.7 Å². The van der Waals surface area contributed by atoms with Gasteiger partial charge in [0, 0.05) is 24.3 Å². The van der Waals surface area contributed by atoms with Gasteiger partial charge in [0.2, 0.25) is 11.4 Å². The third kappa shape index (κ3) is 4.39. The van der Waals surface area contributed by atoms with Gasteiger partial charge in [0.15, 0.2) is 12.4 Å². The summed E-state index contributed by atoms with van der Waals surface area (Å²) in [6.45, 7) is 21.8. The van der Waals surface area contributed by atoms with Crippen molar-refractivity contribution in [2.24, 2.45) is 14.1 Å². The molecule has 33 heavy (non-hydrogen) atoms. The maximum Gasteiger partial charge on any atom is 0.258 e. The van der Waals surface area contributed by atoms with Crippen LogP contribution in [0, 0.1) is 25.1 Å². The first-order valence-electron chi connectivity index (χ1n) is 11.1.